The molecule has 0 atom stereocenters. The maximum atomic E-state index is 13.3. The minimum Gasteiger partial charge on any atom is -0.399 e. The first-order valence-corrected chi connectivity index (χ1v) is 5.98. The molecule has 0 saturated heterocycles. The molecule has 0 aromatic heterocycles. The molecule has 1 aromatic carbocycles. The molecular weight excluding hydrogens is 217 g/mol. The van der Waals surface area contributed by atoms with E-state index in [-0.39, 0.29) is 5.82 Å². The van der Waals surface area contributed by atoms with Crippen LogP contribution in [0.1, 0.15) is 13.3 Å². The highest BCUT2D eigenvalue weighted by Crippen LogP contribution is 2.20. The Morgan fingerprint density at radius 2 is 1.82 bits per heavy atom. The Labute approximate surface area is 103 Å². The number of halogens is 1. The summed E-state index contributed by atoms with van der Waals surface area (Å²) < 4.78 is 13.3. The zero-order valence-electron chi connectivity index (χ0n) is 10.9. The highest BCUT2D eigenvalue weighted by atomic mass is 19.1. The normalized spacial score (nSPS) is 10.9. The topological polar surface area (TPSA) is 32.5 Å². The fraction of sp³-hybridized carbons (Fsp3) is 0.538. The Balaban J connectivity index is 2.80. The summed E-state index contributed by atoms with van der Waals surface area (Å²) in [5.41, 5.74) is 7.02. The van der Waals surface area contributed by atoms with Gasteiger partial charge in [0, 0.05) is 31.0 Å². The van der Waals surface area contributed by atoms with Gasteiger partial charge in [0.05, 0.1) is 0 Å². The quantitative estimate of drug-likeness (QED) is 0.772. The molecule has 0 aliphatic rings. The van der Waals surface area contributed by atoms with E-state index in [2.05, 4.69) is 16.7 Å². The largest absolute Gasteiger partial charge is 0.399 e. The minimum absolute atomic E-state index is 0.272. The average Bonchev–Trinajstić information content (AvgIpc) is 2.22. The molecule has 0 spiro atoms. The van der Waals surface area contributed by atoms with E-state index in [1.165, 1.54) is 6.07 Å². The molecular formula is C13H22FN3. The molecule has 0 fully saturated rings. The molecule has 3 nitrogen and oxygen atoms in total. The molecule has 0 heterocycles. The number of nitrogen functional groups attached to an aromatic ring is 1. The lowest BCUT2D eigenvalue weighted by atomic mass is 10.2. The van der Waals surface area contributed by atoms with Gasteiger partial charge in [-0.15, -0.1) is 0 Å². The molecule has 0 unspecified atom stereocenters. The van der Waals surface area contributed by atoms with E-state index in [0.29, 0.717) is 5.69 Å². The third-order valence-electron chi connectivity index (χ3n) is 2.58. The van der Waals surface area contributed by atoms with Gasteiger partial charge in [-0.3, -0.25) is 0 Å². The molecule has 0 saturated carbocycles. The van der Waals surface area contributed by atoms with E-state index in [4.69, 9.17) is 5.73 Å². The molecule has 0 amide bonds. The van der Waals surface area contributed by atoms with Crippen LogP contribution in [0.3, 0.4) is 0 Å². The van der Waals surface area contributed by atoms with Crippen LogP contribution < -0.4 is 10.6 Å². The van der Waals surface area contributed by atoms with E-state index < -0.39 is 0 Å². The van der Waals surface area contributed by atoms with Crippen molar-refractivity contribution in [2.24, 2.45) is 0 Å². The second kappa shape index (κ2) is 6.45. The standard InChI is InChI=1S/C13H22FN3/c1-4-5-17(7-6-16(2)3)13-9-11(14)8-12(15)10-13/h8-10H,4-7,15H2,1-3H3. The van der Waals surface area contributed by atoms with Gasteiger partial charge in [0.2, 0.25) is 0 Å². The molecule has 0 aliphatic carbocycles. The van der Waals surface area contributed by atoms with Crippen LogP contribution in [0.4, 0.5) is 15.8 Å². The van der Waals surface area contributed by atoms with Gasteiger partial charge in [-0.05, 0) is 38.7 Å². The van der Waals surface area contributed by atoms with Crippen LogP contribution in [0.2, 0.25) is 0 Å². The predicted octanol–water partition coefficient (Wildman–Crippen LogP) is 2.19. The smallest absolute Gasteiger partial charge is 0.127 e. The van der Waals surface area contributed by atoms with Gasteiger partial charge in [-0.25, -0.2) is 4.39 Å². The zero-order chi connectivity index (χ0) is 12.8. The average molecular weight is 239 g/mol. The Morgan fingerprint density at radius 1 is 1.12 bits per heavy atom. The number of hydrogen-bond donors (Lipinski definition) is 1. The van der Waals surface area contributed by atoms with Gasteiger partial charge < -0.3 is 15.5 Å². The van der Waals surface area contributed by atoms with Crippen molar-refractivity contribution in [2.45, 2.75) is 13.3 Å². The van der Waals surface area contributed by atoms with Crippen molar-refractivity contribution in [3.05, 3.63) is 24.0 Å². The first kappa shape index (κ1) is 13.8. The summed E-state index contributed by atoms with van der Waals surface area (Å²) in [6, 6.07) is 4.72. The second-order valence-corrected chi connectivity index (χ2v) is 4.53. The monoisotopic (exact) mass is 239 g/mol. The summed E-state index contributed by atoms with van der Waals surface area (Å²) in [5.74, 6) is -0.272. The van der Waals surface area contributed by atoms with Gasteiger partial charge in [-0.1, -0.05) is 6.92 Å². The van der Waals surface area contributed by atoms with Crippen LogP contribution in [-0.2, 0) is 0 Å². The fourth-order valence-corrected chi connectivity index (χ4v) is 1.74. The summed E-state index contributed by atoms with van der Waals surface area (Å²) >= 11 is 0. The Kier molecular flexibility index (Phi) is 5.22. The van der Waals surface area contributed by atoms with Crippen molar-refractivity contribution in [2.75, 3.05) is 44.4 Å². The molecule has 1 aromatic rings. The van der Waals surface area contributed by atoms with Crippen molar-refractivity contribution >= 4 is 11.4 Å². The first-order chi connectivity index (χ1) is 8.02. The van der Waals surface area contributed by atoms with E-state index >= 15 is 0 Å². The fourth-order valence-electron chi connectivity index (χ4n) is 1.74. The third kappa shape index (κ3) is 4.61. The summed E-state index contributed by atoms with van der Waals surface area (Å²) in [6.45, 7) is 4.85. The lowest BCUT2D eigenvalue weighted by Gasteiger charge is -2.26. The van der Waals surface area contributed by atoms with Crippen LogP contribution in [0.25, 0.3) is 0 Å². The summed E-state index contributed by atoms with van der Waals surface area (Å²) in [5, 5.41) is 0. The number of rotatable bonds is 6. The Bertz CT molecular complexity index is 332. The molecule has 0 radical (unpaired) electrons. The number of hydrogen-bond acceptors (Lipinski definition) is 3. The van der Waals surface area contributed by atoms with Gasteiger partial charge >= 0.3 is 0 Å². The van der Waals surface area contributed by atoms with Gasteiger partial charge in [0.15, 0.2) is 0 Å². The molecule has 1 rings (SSSR count). The molecule has 0 aliphatic heterocycles. The first-order valence-electron chi connectivity index (χ1n) is 5.98. The summed E-state index contributed by atoms with van der Waals surface area (Å²) in [4.78, 5) is 4.28. The van der Waals surface area contributed by atoms with Gasteiger partial charge in [0.1, 0.15) is 5.82 Å². The third-order valence-corrected chi connectivity index (χ3v) is 2.58. The second-order valence-electron chi connectivity index (χ2n) is 4.53. The molecule has 96 valence electrons. The van der Waals surface area contributed by atoms with Crippen molar-refractivity contribution < 1.29 is 4.39 Å². The lowest BCUT2D eigenvalue weighted by molar-refractivity contribution is 0.413. The highest BCUT2D eigenvalue weighted by Gasteiger charge is 2.08. The van der Waals surface area contributed by atoms with Crippen LogP contribution >= 0.6 is 0 Å². The zero-order valence-corrected chi connectivity index (χ0v) is 10.9. The van der Waals surface area contributed by atoms with Crippen molar-refractivity contribution in [3.63, 3.8) is 0 Å². The minimum atomic E-state index is -0.272. The number of nitrogens with zero attached hydrogens (tertiary/aromatic N) is 2. The van der Waals surface area contributed by atoms with Gasteiger partial charge in [0.25, 0.3) is 0 Å². The van der Waals surface area contributed by atoms with E-state index in [1.807, 2.05) is 20.2 Å². The van der Waals surface area contributed by atoms with Crippen molar-refractivity contribution in [3.8, 4) is 0 Å². The van der Waals surface area contributed by atoms with Gasteiger partial charge in [-0.2, -0.15) is 0 Å². The Hall–Kier alpha value is -1.29. The van der Waals surface area contributed by atoms with Crippen LogP contribution in [0, 0.1) is 5.82 Å². The number of benzene rings is 1. The number of likely N-dealkylation sites (N-methyl/N-ethyl adjacent to an activating group) is 1. The number of anilines is 2. The SMILES string of the molecule is CCCN(CCN(C)C)c1cc(N)cc(F)c1. The van der Waals surface area contributed by atoms with E-state index in [1.54, 1.807) is 6.07 Å². The number of nitrogens with two attached hydrogens (primary N) is 1. The summed E-state index contributed by atoms with van der Waals surface area (Å²) in [6.07, 6.45) is 1.03. The molecule has 2 N–H and O–H groups in total. The van der Waals surface area contributed by atoms with Crippen LogP contribution in [0.15, 0.2) is 18.2 Å². The molecule has 4 heteroatoms. The Morgan fingerprint density at radius 3 is 2.35 bits per heavy atom. The van der Waals surface area contributed by atoms with Crippen LogP contribution in [-0.4, -0.2) is 38.6 Å². The highest BCUT2D eigenvalue weighted by molar-refractivity contribution is 5.56. The van der Waals surface area contributed by atoms with Crippen molar-refractivity contribution in [1.29, 1.82) is 0 Å². The molecule has 17 heavy (non-hydrogen) atoms. The van der Waals surface area contributed by atoms with Crippen molar-refractivity contribution in [1.82, 2.24) is 4.90 Å². The maximum absolute atomic E-state index is 13.3. The maximum Gasteiger partial charge on any atom is 0.127 e. The predicted molar refractivity (Wildman–Crippen MR) is 71.9 cm³/mol. The van der Waals surface area contributed by atoms with E-state index in [0.717, 1.165) is 31.7 Å². The molecule has 0 bridgehead atoms. The summed E-state index contributed by atoms with van der Waals surface area (Å²) in [7, 11) is 4.06. The van der Waals surface area contributed by atoms with Crippen LogP contribution in [0.5, 0.6) is 0 Å². The van der Waals surface area contributed by atoms with E-state index in [9.17, 15) is 4.39 Å². The lowest BCUT2D eigenvalue weighted by Crippen LogP contribution is -2.32.